The van der Waals surface area contributed by atoms with Gasteiger partial charge in [0.2, 0.25) is 0 Å². The van der Waals surface area contributed by atoms with Crippen LogP contribution in [0.3, 0.4) is 0 Å². The lowest BCUT2D eigenvalue weighted by Crippen LogP contribution is -2.45. The van der Waals surface area contributed by atoms with Gasteiger partial charge in [0.15, 0.2) is 21.7 Å². The lowest BCUT2D eigenvalue weighted by molar-refractivity contribution is -0.133. The van der Waals surface area contributed by atoms with Crippen molar-refractivity contribution in [2.75, 3.05) is 0 Å². The van der Waals surface area contributed by atoms with E-state index in [1.807, 2.05) is 72.8 Å². The highest BCUT2D eigenvalue weighted by atomic mass is 16.1. The van der Waals surface area contributed by atoms with Crippen LogP contribution in [-0.2, 0) is 56.2 Å². The molecular formula is C37H24N8O. The van der Waals surface area contributed by atoms with Crippen molar-refractivity contribution in [3.8, 4) is 48.6 Å². The number of nitrogens with zero attached hydrogens (tertiary/aromatic N) is 8. The standard InChI is InChI=1S/C37H24N8O/c38-15-34(16-39)11-27-3-23-7-32(8-24(23)4-28(27)12-35(34,17-40)18-41)1-2-33(31(32)46)9-25-5-29-13-36(19-42,20-43)37(21-44,22-45)14-30(29)6-26(25)10-33/h3-6H,1-2,7-14H2. The highest BCUT2D eigenvalue weighted by molar-refractivity contribution is 5.95. The molecule has 1 fully saturated rings. The maximum atomic E-state index is 14.6. The quantitative estimate of drug-likeness (QED) is 0.425. The van der Waals surface area contributed by atoms with Crippen LogP contribution < -0.4 is 0 Å². The van der Waals surface area contributed by atoms with Crippen LogP contribution in [-0.4, -0.2) is 5.78 Å². The number of rotatable bonds is 0. The molecule has 0 saturated heterocycles. The summed E-state index contributed by atoms with van der Waals surface area (Å²) in [4.78, 5) is 14.6. The summed E-state index contributed by atoms with van der Waals surface area (Å²) in [6.45, 7) is 0. The van der Waals surface area contributed by atoms with E-state index < -0.39 is 32.5 Å². The van der Waals surface area contributed by atoms with Crippen LogP contribution in [0.4, 0.5) is 0 Å². The Balaban J connectivity index is 1.20. The number of fused-ring (bicyclic) bond motifs is 4. The Morgan fingerprint density at radius 1 is 0.370 bits per heavy atom. The third-order valence-corrected chi connectivity index (χ3v) is 12.0. The maximum absolute atomic E-state index is 14.6. The molecule has 2 aromatic rings. The molecule has 0 radical (unpaired) electrons. The Morgan fingerprint density at radius 3 is 0.761 bits per heavy atom. The van der Waals surface area contributed by atoms with Gasteiger partial charge < -0.3 is 0 Å². The molecule has 218 valence electrons. The average Bonchev–Trinajstić information content (AvgIpc) is 3.72. The zero-order chi connectivity index (χ0) is 32.8. The molecule has 7 rings (SSSR count). The lowest BCUT2D eigenvalue weighted by Gasteiger charge is -2.37. The van der Waals surface area contributed by atoms with Gasteiger partial charge in [-0.1, -0.05) is 24.3 Å². The van der Waals surface area contributed by atoms with Crippen molar-refractivity contribution in [3.63, 3.8) is 0 Å². The van der Waals surface area contributed by atoms with Crippen molar-refractivity contribution in [2.24, 2.45) is 32.5 Å². The molecule has 1 saturated carbocycles. The summed E-state index contributed by atoms with van der Waals surface area (Å²) in [5.41, 5.74) is -1.18. The van der Waals surface area contributed by atoms with E-state index in [1.165, 1.54) is 0 Å². The number of hydrogen-bond donors (Lipinski definition) is 0. The third kappa shape index (κ3) is 3.23. The molecule has 2 aromatic carbocycles. The minimum Gasteiger partial charge on any atom is -0.298 e. The van der Waals surface area contributed by atoms with Gasteiger partial charge in [0.05, 0.1) is 48.6 Å². The number of ketones is 1. The van der Waals surface area contributed by atoms with E-state index in [0.717, 1.165) is 44.5 Å². The first-order valence-corrected chi connectivity index (χ1v) is 15.2. The van der Waals surface area contributed by atoms with Gasteiger partial charge in [0.1, 0.15) is 5.78 Å². The van der Waals surface area contributed by atoms with Crippen LogP contribution in [0.15, 0.2) is 24.3 Å². The lowest BCUT2D eigenvalue weighted by atomic mass is 9.57. The van der Waals surface area contributed by atoms with E-state index in [1.54, 1.807) is 0 Å². The van der Waals surface area contributed by atoms with Crippen LogP contribution in [0.25, 0.3) is 0 Å². The van der Waals surface area contributed by atoms with E-state index in [9.17, 15) is 46.9 Å². The van der Waals surface area contributed by atoms with Gasteiger partial charge in [-0.25, -0.2) is 0 Å². The number of nitriles is 8. The number of Topliss-reactive ketones (excluding diaryl/α,β-unsaturated/α-hetero) is 1. The first-order chi connectivity index (χ1) is 22.0. The van der Waals surface area contributed by atoms with Gasteiger partial charge in [-0.05, 0) is 83.0 Å². The van der Waals surface area contributed by atoms with Crippen LogP contribution in [0.5, 0.6) is 0 Å². The normalized spacial score (nSPS) is 23.3. The predicted molar refractivity (Wildman–Crippen MR) is 156 cm³/mol. The number of benzene rings is 2. The van der Waals surface area contributed by atoms with Crippen molar-refractivity contribution in [2.45, 2.75) is 64.2 Å². The fourth-order valence-corrected chi connectivity index (χ4v) is 9.35. The molecule has 0 aromatic heterocycles. The van der Waals surface area contributed by atoms with Crippen molar-refractivity contribution in [1.29, 1.82) is 42.1 Å². The average molecular weight is 597 g/mol. The Labute approximate surface area is 266 Å². The Hall–Kier alpha value is -5.97. The number of carbonyl (C=O) groups excluding carboxylic acids is 1. The molecule has 0 heterocycles. The second-order valence-corrected chi connectivity index (χ2v) is 14.1. The van der Waals surface area contributed by atoms with Crippen molar-refractivity contribution in [3.05, 3.63) is 68.8 Å². The molecule has 5 aliphatic carbocycles. The highest BCUT2D eigenvalue weighted by Gasteiger charge is 2.62. The molecule has 9 nitrogen and oxygen atoms in total. The fraction of sp³-hybridized carbons (Fsp3) is 0.432. The number of hydrogen-bond acceptors (Lipinski definition) is 9. The van der Waals surface area contributed by atoms with Crippen LogP contribution in [0.1, 0.15) is 57.3 Å². The summed E-state index contributed by atoms with van der Waals surface area (Å²) in [6.07, 6.45) is 3.53. The van der Waals surface area contributed by atoms with Crippen molar-refractivity contribution in [1.82, 2.24) is 0 Å². The van der Waals surface area contributed by atoms with E-state index in [4.69, 9.17) is 0 Å². The van der Waals surface area contributed by atoms with E-state index >= 15 is 0 Å². The van der Waals surface area contributed by atoms with Gasteiger partial charge in [0.25, 0.3) is 0 Å². The molecular weight excluding hydrogens is 572 g/mol. The summed E-state index contributed by atoms with van der Waals surface area (Å²) >= 11 is 0. The van der Waals surface area contributed by atoms with E-state index in [0.29, 0.717) is 38.5 Å². The van der Waals surface area contributed by atoms with Crippen LogP contribution in [0.2, 0.25) is 0 Å². The monoisotopic (exact) mass is 596 g/mol. The molecule has 0 unspecified atom stereocenters. The number of carbonyl (C=O) groups is 1. The largest absolute Gasteiger partial charge is 0.298 e. The van der Waals surface area contributed by atoms with E-state index in [-0.39, 0.29) is 31.5 Å². The zero-order valence-corrected chi connectivity index (χ0v) is 24.9. The zero-order valence-electron chi connectivity index (χ0n) is 24.9. The predicted octanol–water partition coefficient (Wildman–Crippen LogP) is 4.25. The molecule has 0 atom stereocenters. The minimum absolute atomic E-state index is 0.0215. The minimum atomic E-state index is -1.78. The van der Waals surface area contributed by atoms with Crippen molar-refractivity contribution < 1.29 is 4.79 Å². The van der Waals surface area contributed by atoms with Gasteiger partial charge in [-0.15, -0.1) is 0 Å². The summed E-state index contributed by atoms with van der Waals surface area (Å²) in [5, 5.41) is 79.6. The molecule has 5 aliphatic rings. The summed E-state index contributed by atoms with van der Waals surface area (Å²) in [5.74, 6) is 0.210. The third-order valence-electron chi connectivity index (χ3n) is 12.0. The fourth-order valence-electron chi connectivity index (χ4n) is 9.35. The van der Waals surface area contributed by atoms with Gasteiger partial charge in [-0.3, -0.25) is 4.79 Å². The van der Waals surface area contributed by atoms with Crippen LogP contribution >= 0.6 is 0 Å². The first kappa shape index (κ1) is 28.8. The smallest absolute Gasteiger partial charge is 0.179 e. The Morgan fingerprint density at radius 2 is 0.565 bits per heavy atom. The summed E-state index contributed by atoms with van der Waals surface area (Å²) in [7, 11) is 0. The summed E-state index contributed by atoms with van der Waals surface area (Å²) in [6, 6.07) is 23.8. The van der Waals surface area contributed by atoms with Crippen molar-refractivity contribution >= 4 is 5.78 Å². The molecule has 0 bridgehead atoms. The second kappa shape index (κ2) is 9.04. The Bertz CT molecular complexity index is 1820. The molecule has 2 spiro atoms. The SMILES string of the molecule is N#CC1(C#N)Cc2cc3c(cc2CC1(C#N)C#N)CC1(CCC2(Cc4cc5c(cc4C2)CC(C#N)(C#N)C(C#N)(C#N)C5)C1=O)C3. The van der Waals surface area contributed by atoms with Gasteiger partial charge in [-0.2, -0.15) is 42.1 Å². The summed E-state index contributed by atoms with van der Waals surface area (Å²) < 4.78 is 0. The molecule has 0 amide bonds. The van der Waals surface area contributed by atoms with Gasteiger partial charge >= 0.3 is 0 Å². The highest BCUT2D eigenvalue weighted by Crippen LogP contribution is 2.59. The van der Waals surface area contributed by atoms with Gasteiger partial charge in [0, 0.05) is 36.5 Å². The van der Waals surface area contributed by atoms with Crippen LogP contribution in [0, 0.1) is 123 Å². The Kier molecular flexibility index (Phi) is 5.65. The maximum Gasteiger partial charge on any atom is 0.179 e. The molecule has 0 aliphatic heterocycles. The topological polar surface area (TPSA) is 207 Å². The molecule has 9 heteroatoms. The molecule has 46 heavy (non-hydrogen) atoms. The molecule has 0 N–H and O–H groups in total. The second-order valence-electron chi connectivity index (χ2n) is 14.1. The first-order valence-electron chi connectivity index (χ1n) is 15.2. The van der Waals surface area contributed by atoms with E-state index in [2.05, 4.69) is 0 Å².